The molecule has 1 fully saturated rings. The highest BCUT2D eigenvalue weighted by Crippen LogP contribution is 2.30. The molecule has 34 heavy (non-hydrogen) atoms. The highest BCUT2D eigenvalue weighted by Gasteiger charge is 2.33. The second-order valence-corrected chi connectivity index (χ2v) is 8.53. The summed E-state index contributed by atoms with van der Waals surface area (Å²) < 4.78 is 40.2. The molecule has 0 unspecified atom stereocenters. The average molecular weight is 468 g/mol. The number of carbonyl (C=O) groups excluding carboxylic acids is 2. The van der Waals surface area contributed by atoms with Crippen molar-refractivity contribution in [3.63, 3.8) is 0 Å². The van der Waals surface area contributed by atoms with Gasteiger partial charge in [0, 0.05) is 43.0 Å². The summed E-state index contributed by atoms with van der Waals surface area (Å²) in [4.78, 5) is 29.3. The number of carbonyl (C=O) groups is 2. The molecule has 0 bridgehead atoms. The molecule has 9 heteroatoms. The maximum absolute atomic E-state index is 13.3. The standard InChI is InChI=1S/C25H23F3N4O2/c26-25(27,28)18-11-9-17(10-12-18)23(33)30-13-15-31(16-14-30)24(34)22-20-7-4-8-21(20)32(29-22)19-5-2-1-3-6-19/h1-3,5-6,9-12H,4,7-8,13-16H2. The van der Waals surface area contributed by atoms with E-state index in [4.69, 9.17) is 0 Å². The zero-order valence-electron chi connectivity index (χ0n) is 18.4. The van der Waals surface area contributed by atoms with Crippen molar-refractivity contribution in [2.45, 2.75) is 25.4 Å². The van der Waals surface area contributed by atoms with E-state index >= 15 is 0 Å². The van der Waals surface area contributed by atoms with E-state index in [-0.39, 0.29) is 17.4 Å². The van der Waals surface area contributed by atoms with Crippen molar-refractivity contribution in [1.29, 1.82) is 0 Å². The molecule has 3 aromatic rings. The maximum atomic E-state index is 13.3. The zero-order valence-corrected chi connectivity index (χ0v) is 18.4. The molecule has 5 rings (SSSR count). The van der Waals surface area contributed by atoms with Crippen molar-refractivity contribution in [3.8, 4) is 5.69 Å². The molecule has 2 amide bonds. The lowest BCUT2D eigenvalue weighted by Crippen LogP contribution is -2.50. The number of benzene rings is 2. The van der Waals surface area contributed by atoms with Crippen LogP contribution in [0, 0.1) is 0 Å². The first-order valence-corrected chi connectivity index (χ1v) is 11.2. The fraction of sp³-hybridized carbons (Fsp3) is 0.320. The molecule has 0 spiro atoms. The minimum Gasteiger partial charge on any atom is -0.335 e. The number of hydrogen-bond donors (Lipinski definition) is 0. The molecular formula is C25H23F3N4O2. The predicted octanol–water partition coefficient (Wildman–Crippen LogP) is 3.98. The minimum absolute atomic E-state index is 0.144. The Hall–Kier alpha value is -3.62. The summed E-state index contributed by atoms with van der Waals surface area (Å²) >= 11 is 0. The van der Waals surface area contributed by atoms with Crippen LogP contribution in [0.3, 0.4) is 0 Å². The number of halogens is 3. The molecular weight excluding hydrogens is 445 g/mol. The third kappa shape index (κ3) is 4.06. The Kier molecular flexibility index (Phi) is 5.63. The van der Waals surface area contributed by atoms with E-state index in [2.05, 4.69) is 5.10 Å². The Balaban J connectivity index is 1.28. The molecule has 2 aromatic carbocycles. The third-order valence-corrected chi connectivity index (χ3v) is 6.45. The fourth-order valence-electron chi connectivity index (χ4n) is 4.64. The molecule has 1 aliphatic heterocycles. The molecule has 1 aromatic heterocycles. The molecule has 0 N–H and O–H groups in total. The van der Waals surface area contributed by atoms with Gasteiger partial charge in [0.25, 0.3) is 11.8 Å². The SMILES string of the molecule is O=C(c1ccc(C(F)(F)F)cc1)N1CCN(C(=O)c2nn(-c3ccccc3)c3c2CCC3)CC1. The van der Waals surface area contributed by atoms with Crippen LogP contribution in [0.1, 0.15) is 44.1 Å². The summed E-state index contributed by atoms with van der Waals surface area (Å²) in [5.41, 5.74) is 2.88. The average Bonchev–Trinajstić information content (AvgIpc) is 3.46. The Morgan fingerprint density at radius 1 is 0.794 bits per heavy atom. The van der Waals surface area contributed by atoms with Gasteiger partial charge in [-0.2, -0.15) is 18.3 Å². The van der Waals surface area contributed by atoms with Gasteiger partial charge in [-0.3, -0.25) is 9.59 Å². The highest BCUT2D eigenvalue weighted by molar-refractivity contribution is 5.96. The number of piperazine rings is 1. The van der Waals surface area contributed by atoms with Gasteiger partial charge in [-0.05, 0) is 55.7 Å². The van der Waals surface area contributed by atoms with E-state index in [1.54, 1.807) is 9.80 Å². The number of aromatic nitrogens is 2. The van der Waals surface area contributed by atoms with Crippen LogP contribution < -0.4 is 0 Å². The van der Waals surface area contributed by atoms with E-state index in [1.165, 1.54) is 12.1 Å². The molecule has 6 nitrogen and oxygen atoms in total. The van der Waals surface area contributed by atoms with E-state index in [1.807, 2.05) is 35.0 Å². The van der Waals surface area contributed by atoms with Crippen molar-refractivity contribution >= 4 is 11.8 Å². The normalized spacial score (nSPS) is 16.0. The first-order chi connectivity index (χ1) is 16.3. The smallest absolute Gasteiger partial charge is 0.335 e. The van der Waals surface area contributed by atoms with Crippen LogP contribution in [0.25, 0.3) is 5.69 Å². The number of fused-ring (bicyclic) bond motifs is 1. The van der Waals surface area contributed by atoms with Crippen LogP contribution in [0.2, 0.25) is 0 Å². The van der Waals surface area contributed by atoms with Crippen molar-refractivity contribution in [2.75, 3.05) is 26.2 Å². The van der Waals surface area contributed by atoms with Gasteiger partial charge in [-0.1, -0.05) is 18.2 Å². The van der Waals surface area contributed by atoms with E-state index in [0.29, 0.717) is 31.9 Å². The lowest BCUT2D eigenvalue weighted by molar-refractivity contribution is -0.137. The monoisotopic (exact) mass is 468 g/mol. The minimum atomic E-state index is -4.44. The molecule has 2 aliphatic rings. The molecule has 2 heterocycles. The molecule has 0 saturated carbocycles. The largest absolute Gasteiger partial charge is 0.416 e. The van der Waals surface area contributed by atoms with Gasteiger partial charge in [0.15, 0.2) is 5.69 Å². The number of hydrogen-bond acceptors (Lipinski definition) is 3. The summed E-state index contributed by atoms with van der Waals surface area (Å²) in [6.45, 7) is 1.32. The van der Waals surface area contributed by atoms with Crippen LogP contribution in [0.15, 0.2) is 54.6 Å². The van der Waals surface area contributed by atoms with Crippen molar-refractivity contribution in [3.05, 3.63) is 82.7 Å². The molecule has 176 valence electrons. The van der Waals surface area contributed by atoms with E-state index in [0.717, 1.165) is 48.3 Å². The quantitative estimate of drug-likeness (QED) is 0.585. The van der Waals surface area contributed by atoms with Gasteiger partial charge in [0.2, 0.25) is 0 Å². The Morgan fingerprint density at radius 2 is 1.41 bits per heavy atom. The first-order valence-electron chi connectivity index (χ1n) is 11.2. The number of amides is 2. The molecule has 1 saturated heterocycles. The van der Waals surface area contributed by atoms with Crippen molar-refractivity contribution in [2.24, 2.45) is 0 Å². The van der Waals surface area contributed by atoms with Gasteiger partial charge in [-0.25, -0.2) is 4.68 Å². The predicted molar refractivity (Wildman–Crippen MR) is 119 cm³/mol. The Morgan fingerprint density at radius 3 is 2.03 bits per heavy atom. The van der Waals surface area contributed by atoms with Crippen LogP contribution in [0.5, 0.6) is 0 Å². The molecule has 0 radical (unpaired) electrons. The Bertz CT molecular complexity index is 1210. The van der Waals surface area contributed by atoms with Crippen LogP contribution >= 0.6 is 0 Å². The van der Waals surface area contributed by atoms with Gasteiger partial charge >= 0.3 is 6.18 Å². The van der Waals surface area contributed by atoms with Crippen LogP contribution in [-0.4, -0.2) is 57.6 Å². The van der Waals surface area contributed by atoms with Gasteiger partial charge in [-0.15, -0.1) is 0 Å². The molecule has 0 atom stereocenters. The summed E-state index contributed by atoms with van der Waals surface area (Å²) in [6, 6.07) is 14.0. The summed E-state index contributed by atoms with van der Waals surface area (Å²) in [6.07, 6.45) is -1.77. The summed E-state index contributed by atoms with van der Waals surface area (Å²) in [5, 5.41) is 4.66. The number of rotatable bonds is 3. The summed E-state index contributed by atoms with van der Waals surface area (Å²) in [5.74, 6) is -0.482. The number of para-hydroxylation sites is 1. The topological polar surface area (TPSA) is 58.4 Å². The van der Waals surface area contributed by atoms with Crippen molar-refractivity contribution < 1.29 is 22.8 Å². The fourth-order valence-corrected chi connectivity index (χ4v) is 4.64. The summed E-state index contributed by atoms with van der Waals surface area (Å²) in [7, 11) is 0. The first kappa shape index (κ1) is 22.2. The third-order valence-electron chi connectivity index (χ3n) is 6.45. The zero-order chi connectivity index (χ0) is 23.9. The second kappa shape index (κ2) is 8.62. The lowest BCUT2D eigenvalue weighted by atomic mass is 10.1. The lowest BCUT2D eigenvalue weighted by Gasteiger charge is -2.34. The maximum Gasteiger partial charge on any atom is 0.416 e. The van der Waals surface area contributed by atoms with Gasteiger partial charge in [0.05, 0.1) is 11.3 Å². The van der Waals surface area contributed by atoms with E-state index < -0.39 is 11.7 Å². The second-order valence-electron chi connectivity index (χ2n) is 8.53. The van der Waals surface area contributed by atoms with Gasteiger partial charge in [0.1, 0.15) is 0 Å². The van der Waals surface area contributed by atoms with E-state index in [9.17, 15) is 22.8 Å². The number of nitrogens with zero attached hydrogens (tertiary/aromatic N) is 4. The Labute approximate surface area is 194 Å². The van der Waals surface area contributed by atoms with Crippen molar-refractivity contribution in [1.82, 2.24) is 19.6 Å². The van der Waals surface area contributed by atoms with Crippen LogP contribution in [0.4, 0.5) is 13.2 Å². The highest BCUT2D eigenvalue weighted by atomic mass is 19.4. The van der Waals surface area contributed by atoms with Crippen LogP contribution in [-0.2, 0) is 19.0 Å². The molecule has 1 aliphatic carbocycles. The van der Waals surface area contributed by atoms with Gasteiger partial charge < -0.3 is 9.80 Å². The number of alkyl halides is 3.